The molecule has 1 unspecified atom stereocenters. The molecule has 0 radical (unpaired) electrons. The van der Waals surface area contributed by atoms with Gasteiger partial charge in [-0.3, -0.25) is 9.59 Å². The van der Waals surface area contributed by atoms with Crippen LogP contribution in [0.15, 0.2) is 58.6 Å². The minimum atomic E-state index is -0.790. The van der Waals surface area contributed by atoms with Gasteiger partial charge in [0.2, 0.25) is 0 Å². The quantitative estimate of drug-likeness (QED) is 0.263. The van der Waals surface area contributed by atoms with Crippen molar-refractivity contribution in [3.8, 4) is 5.75 Å². The normalized spacial score (nSPS) is 18.1. The summed E-state index contributed by atoms with van der Waals surface area (Å²) in [5.41, 5.74) is 1.08. The molecular formula is C22H22BrNO6. The molecule has 1 amide bonds. The van der Waals surface area contributed by atoms with Gasteiger partial charge in [-0.1, -0.05) is 40.2 Å². The fourth-order valence-corrected chi connectivity index (χ4v) is 3.63. The molecule has 0 spiro atoms. The van der Waals surface area contributed by atoms with Crippen molar-refractivity contribution < 1.29 is 29.3 Å². The number of hydrogen-bond donors (Lipinski definition) is 2. The first-order valence-electron chi connectivity index (χ1n) is 9.34. The molecule has 7 nitrogen and oxygen atoms in total. The predicted octanol–water partition coefficient (Wildman–Crippen LogP) is 2.89. The van der Waals surface area contributed by atoms with Crippen LogP contribution in [-0.4, -0.2) is 60.3 Å². The van der Waals surface area contributed by atoms with Crippen molar-refractivity contribution in [2.24, 2.45) is 0 Å². The van der Waals surface area contributed by atoms with Crippen molar-refractivity contribution in [3.63, 3.8) is 0 Å². The van der Waals surface area contributed by atoms with Crippen LogP contribution in [0.5, 0.6) is 5.75 Å². The maximum atomic E-state index is 12.9. The van der Waals surface area contributed by atoms with Crippen LogP contribution in [0, 0.1) is 0 Å². The van der Waals surface area contributed by atoms with Gasteiger partial charge in [-0.15, -0.1) is 0 Å². The van der Waals surface area contributed by atoms with Gasteiger partial charge in [0.25, 0.3) is 11.7 Å². The van der Waals surface area contributed by atoms with Crippen LogP contribution in [0.3, 0.4) is 0 Å². The lowest BCUT2D eigenvalue weighted by atomic mass is 9.95. The van der Waals surface area contributed by atoms with E-state index in [9.17, 15) is 14.7 Å². The molecule has 2 aromatic carbocycles. The number of Topliss-reactive ketones (excluding diaryl/α,β-unsaturated/α-hetero) is 1. The van der Waals surface area contributed by atoms with Crippen LogP contribution in [0.2, 0.25) is 0 Å². The van der Waals surface area contributed by atoms with Crippen LogP contribution in [0.1, 0.15) is 17.2 Å². The average molecular weight is 476 g/mol. The van der Waals surface area contributed by atoms with E-state index in [1.165, 1.54) is 12.0 Å². The van der Waals surface area contributed by atoms with E-state index in [1.807, 2.05) is 0 Å². The Bertz CT molecular complexity index is 956. The summed E-state index contributed by atoms with van der Waals surface area (Å²) in [7, 11) is 1.53. The van der Waals surface area contributed by atoms with Gasteiger partial charge >= 0.3 is 0 Å². The zero-order valence-electron chi connectivity index (χ0n) is 16.4. The monoisotopic (exact) mass is 475 g/mol. The Morgan fingerprint density at radius 2 is 1.87 bits per heavy atom. The first-order valence-corrected chi connectivity index (χ1v) is 10.1. The summed E-state index contributed by atoms with van der Waals surface area (Å²) in [4.78, 5) is 27.1. The Morgan fingerprint density at radius 1 is 1.13 bits per heavy atom. The number of likely N-dealkylation sites (tertiary alicyclic amines) is 1. The summed E-state index contributed by atoms with van der Waals surface area (Å²) < 4.78 is 11.4. The third-order valence-electron chi connectivity index (χ3n) is 4.78. The lowest BCUT2D eigenvalue weighted by molar-refractivity contribution is -0.140. The van der Waals surface area contributed by atoms with Gasteiger partial charge in [-0.2, -0.15) is 0 Å². The van der Waals surface area contributed by atoms with Gasteiger partial charge in [-0.05, 0) is 29.8 Å². The maximum absolute atomic E-state index is 12.9. The molecule has 2 aromatic rings. The summed E-state index contributed by atoms with van der Waals surface area (Å²) in [5, 5.41) is 19.8. The highest BCUT2D eigenvalue weighted by Gasteiger charge is 2.46. The van der Waals surface area contributed by atoms with Crippen molar-refractivity contribution in [1.82, 2.24) is 4.90 Å². The summed E-state index contributed by atoms with van der Waals surface area (Å²) in [6.45, 7) is 0.268. The molecule has 1 aliphatic rings. The third kappa shape index (κ3) is 4.56. The van der Waals surface area contributed by atoms with Crippen LogP contribution in [-0.2, 0) is 14.3 Å². The Labute approximate surface area is 182 Å². The van der Waals surface area contributed by atoms with E-state index in [4.69, 9.17) is 14.6 Å². The molecule has 2 N–H and O–H groups in total. The average Bonchev–Trinajstić information content (AvgIpc) is 3.01. The van der Waals surface area contributed by atoms with E-state index in [0.29, 0.717) is 16.9 Å². The molecule has 0 bridgehead atoms. The van der Waals surface area contributed by atoms with Gasteiger partial charge in [0.1, 0.15) is 11.5 Å². The number of benzene rings is 2. The van der Waals surface area contributed by atoms with Crippen molar-refractivity contribution in [2.75, 3.05) is 33.5 Å². The highest BCUT2D eigenvalue weighted by Crippen LogP contribution is 2.40. The lowest BCUT2D eigenvalue weighted by Gasteiger charge is -2.25. The van der Waals surface area contributed by atoms with Gasteiger partial charge in [0, 0.05) is 16.6 Å². The maximum Gasteiger partial charge on any atom is 0.295 e. The molecule has 0 aliphatic carbocycles. The van der Waals surface area contributed by atoms with E-state index in [-0.39, 0.29) is 37.7 Å². The second-order valence-corrected chi connectivity index (χ2v) is 7.53. The zero-order chi connectivity index (χ0) is 21.7. The lowest BCUT2D eigenvalue weighted by Crippen LogP contribution is -2.33. The number of ether oxygens (including phenoxy) is 2. The van der Waals surface area contributed by atoms with E-state index in [2.05, 4.69) is 15.9 Å². The second-order valence-electron chi connectivity index (χ2n) is 6.61. The third-order valence-corrected chi connectivity index (χ3v) is 5.31. The summed E-state index contributed by atoms with van der Waals surface area (Å²) >= 11 is 3.34. The molecule has 1 atom stereocenters. The summed E-state index contributed by atoms with van der Waals surface area (Å²) in [6, 6.07) is 13.1. The number of carbonyl (C=O) groups is 2. The molecule has 8 heteroatoms. The second kappa shape index (κ2) is 9.88. The van der Waals surface area contributed by atoms with Gasteiger partial charge in [0.15, 0.2) is 0 Å². The first-order chi connectivity index (χ1) is 14.5. The first kappa shape index (κ1) is 22.0. The van der Waals surface area contributed by atoms with E-state index < -0.39 is 17.7 Å². The number of ketones is 1. The van der Waals surface area contributed by atoms with Crippen molar-refractivity contribution in [3.05, 3.63) is 69.7 Å². The van der Waals surface area contributed by atoms with E-state index in [0.717, 1.165) is 4.47 Å². The molecule has 0 saturated carbocycles. The number of methoxy groups -OCH3 is 1. The Kier molecular flexibility index (Phi) is 7.25. The molecular weight excluding hydrogens is 454 g/mol. The van der Waals surface area contributed by atoms with Crippen molar-refractivity contribution in [2.45, 2.75) is 6.04 Å². The highest BCUT2D eigenvalue weighted by molar-refractivity contribution is 9.10. The Balaban J connectivity index is 2.08. The molecule has 1 heterocycles. The number of hydrogen-bond acceptors (Lipinski definition) is 6. The number of aliphatic hydroxyl groups excluding tert-OH is 2. The number of carbonyl (C=O) groups excluding carboxylic acids is 2. The molecule has 3 rings (SSSR count). The molecule has 1 fully saturated rings. The Hall–Kier alpha value is -2.68. The smallest absolute Gasteiger partial charge is 0.295 e. The van der Waals surface area contributed by atoms with Crippen molar-refractivity contribution in [1.29, 1.82) is 0 Å². The topological polar surface area (TPSA) is 96.3 Å². The number of halogens is 1. The van der Waals surface area contributed by atoms with Crippen molar-refractivity contribution >= 4 is 33.4 Å². The zero-order valence-corrected chi connectivity index (χ0v) is 18.0. The summed E-state index contributed by atoms with van der Waals surface area (Å²) in [5.74, 6) is -1.15. The van der Waals surface area contributed by atoms with Crippen LogP contribution in [0.25, 0.3) is 5.76 Å². The minimum Gasteiger partial charge on any atom is -0.507 e. The largest absolute Gasteiger partial charge is 0.507 e. The highest BCUT2D eigenvalue weighted by atomic mass is 79.9. The molecule has 0 aromatic heterocycles. The Morgan fingerprint density at radius 3 is 2.53 bits per heavy atom. The fraction of sp³-hybridized carbons (Fsp3) is 0.273. The number of rotatable bonds is 8. The number of aliphatic hydroxyl groups is 2. The minimum absolute atomic E-state index is 0.0118. The molecule has 1 aliphatic heterocycles. The predicted molar refractivity (Wildman–Crippen MR) is 114 cm³/mol. The van der Waals surface area contributed by atoms with Gasteiger partial charge in [0.05, 0.1) is 38.5 Å². The molecule has 1 saturated heterocycles. The number of nitrogens with zero attached hydrogens (tertiary/aromatic N) is 1. The molecule has 30 heavy (non-hydrogen) atoms. The standard InChI is InChI=1S/C22H22BrNO6/c1-29-17-4-2-3-15(13-17)19-18(20(26)14-5-7-16(23)8-6-14)21(27)22(28)24(19)9-11-30-12-10-25/h2-8,13,19,25-26H,9-12H2,1H3. The van der Waals surface area contributed by atoms with Gasteiger partial charge in [-0.25, -0.2) is 0 Å². The summed E-state index contributed by atoms with van der Waals surface area (Å²) in [6.07, 6.45) is 0. The van der Waals surface area contributed by atoms with Crippen LogP contribution in [0.4, 0.5) is 0 Å². The van der Waals surface area contributed by atoms with Crippen LogP contribution >= 0.6 is 15.9 Å². The van der Waals surface area contributed by atoms with Crippen LogP contribution < -0.4 is 4.74 Å². The fourth-order valence-electron chi connectivity index (χ4n) is 3.36. The SMILES string of the molecule is COc1cccc(C2C(=C(O)c3ccc(Br)cc3)C(=O)C(=O)N2CCOCCO)c1. The van der Waals surface area contributed by atoms with E-state index in [1.54, 1.807) is 48.5 Å². The van der Waals surface area contributed by atoms with Gasteiger partial charge < -0.3 is 24.6 Å². The molecule has 158 valence electrons. The van der Waals surface area contributed by atoms with E-state index >= 15 is 0 Å². The number of amides is 1.